The Morgan fingerprint density at radius 3 is 0.902 bits per heavy atom. The van der Waals surface area contributed by atoms with Crippen molar-refractivity contribution in [3.8, 4) is 34.2 Å². The first-order valence-corrected chi connectivity index (χ1v) is 12.4. The molecule has 0 unspecified atom stereocenters. The normalized spacial score (nSPS) is 10.8. The van der Waals surface area contributed by atoms with Crippen LogP contribution in [-0.2, 0) is 19.5 Å². The van der Waals surface area contributed by atoms with E-state index in [2.05, 4.69) is 29.9 Å². The maximum atomic E-state index is 11.8. The molecule has 41 heavy (non-hydrogen) atoms. The topological polar surface area (TPSA) is 111 Å². The number of pyridine rings is 6. The second-order valence-electron chi connectivity index (χ2n) is 8.32. The molecule has 0 radical (unpaired) electrons. The van der Waals surface area contributed by atoms with E-state index in [0.29, 0.717) is 22.5 Å². The van der Waals surface area contributed by atoms with Crippen LogP contribution in [0.2, 0.25) is 0 Å². The third-order valence-corrected chi connectivity index (χ3v) is 5.72. The fourth-order valence-corrected chi connectivity index (χ4v) is 3.86. The Labute approximate surface area is 249 Å². The molecule has 0 bridgehead atoms. The second kappa shape index (κ2) is 14.3. The van der Waals surface area contributed by atoms with E-state index in [1.807, 2.05) is 72.8 Å². The van der Waals surface area contributed by atoms with Crippen molar-refractivity contribution in [3.05, 3.63) is 145 Å². The minimum absolute atomic E-state index is 0. The number of rotatable bonds is 2. The number of hydrogen-bond donors (Lipinski definition) is 0. The number of fused-ring (bicyclic) bond motifs is 3. The predicted octanol–water partition coefficient (Wildman–Crippen LogP) is 5.81. The van der Waals surface area contributed by atoms with Crippen molar-refractivity contribution in [1.29, 1.82) is 0 Å². The zero-order valence-electron chi connectivity index (χ0n) is 21.6. The standard InChI is InChI=1S/C12H6N2O2.2C10H8N2.Ru/c15-11-7-3-1-5-13-9(7)10-8(12(11)16)4-2-6-14-10;2*1-3-7-11-9(5-1)10-6-2-4-8-12-10;/h1-6H;2*1-8H;/q;;;+2. The molecule has 0 spiro atoms. The molecule has 1 aliphatic carbocycles. The van der Waals surface area contributed by atoms with Gasteiger partial charge in [-0.1, -0.05) is 24.3 Å². The van der Waals surface area contributed by atoms with Crippen LogP contribution in [0.1, 0.15) is 20.7 Å². The van der Waals surface area contributed by atoms with Gasteiger partial charge in [0.1, 0.15) is 11.4 Å². The van der Waals surface area contributed by atoms with Crippen LogP contribution in [-0.4, -0.2) is 41.5 Å². The van der Waals surface area contributed by atoms with E-state index in [4.69, 9.17) is 0 Å². The Bertz CT molecular complexity index is 1520. The number of nitrogens with zero attached hydrogens (tertiary/aromatic N) is 6. The van der Waals surface area contributed by atoms with E-state index in [1.165, 1.54) is 0 Å². The van der Waals surface area contributed by atoms with Crippen molar-refractivity contribution in [2.24, 2.45) is 0 Å². The molecule has 6 aromatic rings. The Hall–Kier alpha value is -5.14. The van der Waals surface area contributed by atoms with Crippen LogP contribution in [0.4, 0.5) is 0 Å². The maximum Gasteiger partial charge on any atom is 2.00 e. The second-order valence-corrected chi connectivity index (χ2v) is 8.32. The average Bonchev–Trinajstić information content (AvgIpc) is 3.06. The van der Waals surface area contributed by atoms with E-state index >= 15 is 0 Å². The maximum absolute atomic E-state index is 11.8. The summed E-state index contributed by atoms with van der Waals surface area (Å²) >= 11 is 0. The Morgan fingerprint density at radius 1 is 0.341 bits per heavy atom. The van der Waals surface area contributed by atoms with Crippen molar-refractivity contribution in [1.82, 2.24) is 29.9 Å². The van der Waals surface area contributed by atoms with Crippen molar-refractivity contribution in [2.45, 2.75) is 0 Å². The molecule has 0 amide bonds. The summed E-state index contributed by atoms with van der Waals surface area (Å²) in [6.07, 6.45) is 10.2. The molecule has 0 N–H and O–H groups in total. The molecule has 6 heterocycles. The van der Waals surface area contributed by atoms with Crippen LogP contribution in [0.25, 0.3) is 34.2 Å². The number of hydrogen-bond acceptors (Lipinski definition) is 8. The fourth-order valence-electron chi connectivity index (χ4n) is 3.86. The van der Waals surface area contributed by atoms with Gasteiger partial charge in [0.05, 0.1) is 33.9 Å². The minimum atomic E-state index is -0.511. The molecular formula is C32H22N6O2Ru+2. The molecular weight excluding hydrogens is 601 g/mol. The molecule has 1 aliphatic rings. The van der Waals surface area contributed by atoms with Gasteiger partial charge in [0.15, 0.2) is 0 Å². The summed E-state index contributed by atoms with van der Waals surface area (Å²) in [6.45, 7) is 0. The van der Waals surface area contributed by atoms with Gasteiger partial charge in [-0.2, -0.15) is 0 Å². The van der Waals surface area contributed by atoms with Crippen molar-refractivity contribution >= 4 is 11.6 Å². The fraction of sp³-hybridized carbons (Fsp3) is 0. The predicted molar refractivity (Wildman–Crippen MR) is 151 cm³/mol. The SMILES string of the molecule is O=C1C(=O)c2cccnc2-c2ncccc21.[Ru+2].c1ccc(-c2ccccn2)nc1.c1ccc(-c2ccccn2)nc1. The van der Waals surface area contributed by atoms with Crippen LogP contribution in [0.5, 0.6) is 0 Å². The molecule has 0 saturated heterocycles. The van der Waals surface area contributed by atoms with E-state index in [1.54, 1.807) is 61.4 Å². The first-order chi connectivity index (χ1) is 19.7. The quantitative estimate of drug-likeness (QED) is 0.176. The largest absolute Gasteiger partial charge is 2.00 e. The zero-order valence-corrected chi connectivity index (χ0v) is 23.3. The summed E-state index contributed by atoms with van der Waals surface area (Å²) in [4.78, 5) is 48.5. The molecule has 9 heteroatoms. The number of ketones is 2. The zero-order chi connectivity index (χ0) is 27.6. The molecule has 0 aromatic carbocycles. The molecule has 0 aliphatic heterocycles. The number of Topliss-reactive ketones (excluding diaryl/α,β-unsaturated/α-hetero) is 2. The minimum Gasteiger partial charge on any atom is -0.285 e. The number of carbonyl (C=O) groups is 2. The van der Waals surface area contributed by atoms with E-state index in [-0.39, 0.29) is 19.5 Å². The third kappa shape index (κ3) is 7.09. The smallest absolute Gasteiger partial charge is 0.285 e. The Morgan fingerprint density at radius 2 is 0.634 bits per heavy atom. The average molecular weight is 624 g/mol. The van der Waals surface area contributed by atoms with E-state index in [9.17, 15) is 9.59 Å². The summed E-state index contributed by atoms with van der Waals surface area (Å²) in [6, 6.07) is 29.7. The van der Waals surface area contributed by atoms with Crippen molar-refractivity contribution < 1.29 is 29.1 Å². The summed E-state index contributed by atoms with van der Waals surface area (Å²) in [5.41, 5.74) is 5.30. The Balaban J connectivity index is 0.000000142. The molecule has 198 valence electrons. The Kier molecular flexibility index (Phi) is 10.1. The molecule has 0 fully saturated rings. The summed E-state index contributed by atoms with van der Waals surface area (Å²) in [7, 11) is 0. The van der Waals surface area contributed by atoms with Gasteiger partial charge in [-0.3, -0.25) is 39.5 Å². The molecule has 0 atom stereocenters. The van der Waals surface area contributed by atoms with Crippen LogP contribution in [0, 0.1) is 0 Å². The first kappa shape index (κ1) is 28.9. The van der Waals surface area contributed by atoms with Crippen LogP contribution in [0.15, 0.2) is 134 Å². The summed E-state index contributed by atoms with van der Waals surface area (Å²) < 4.78 is 0. The molecule has 0 saturated carbocycles. The number of carbonyl (C=O) groups excluding carboxylic acids is 2. The van der Waals surface area contributed by atoms with E-state index < -0.39 is 11.6 Å². The molecule has 8 nitrogen and oxygen atoms in total. The van der Waals surface area contributed by atoms with E-state index in [0.717, 1.165) is 22.8 Å². The van der Waals surface area contributed by atoms with Gasteiger partial charge in [-0.05, 0) is 72.8 Å². The van der Waals surface area contributed by atoms with Crippen LogP contribution < -0.4 is 0 Å². The van der Waals surface area contributed by atoms with Gasteiger partial charge in [0.25, 0.3) is 0 Å². The summed E-state index contributed by atoms with van der Waals surface area (Å²) in [5.74, 6) is -1.02. The van der Waals surface area contributed by atoms with Gasteiger partial charge in [0.2, 0.25) is 11.6 Å². The summed E-state index contributed by atoms with van der Waals surface area (Å²) in [5, 5.41) is 0. The van der Waals surface area contributed by atoms with Crippen molar-refractivity contribution in [3.63, 3.8) is 0 Å². The monoisotopic (exact) mass is 624 g/mol. The van der Waals surface area contributed by atoms with Gasteiger partial charge < -0.3 is 0 Å². The molecule has 6 aromatic heterocycles. The van der Waals surface area contributed by atoms with Crippen LogP contribution >= 0.6 is 0 Å². The van der Waals surface area contributed by atoms with Crippen LogP contribution in [0.3, 0.4) is 0 Å². The first-order valence-electron chi connectivity index (χ1n) is 12.4. The third-order valence-electron chi connectivity index (χ3n) is 5.72. The van der Waals surface area contributed by atoms with Gasteiger partial charge in [-0.25, -0.2) is 0 Å². The van der Waals surface area contributed by atoms with Gasteiger partial charge >= 0.3 is 19.5 Å². The number of aromatic nitrogens is 6. The van der Waals surface area contributed by atoms with Gasteiger partial charge in [-0.15, -0.1) is 0 Å². The molecule has 7 rings (SSSR count). The van der Waals surface area contributed by atoms with Gasteiger partial charge in [0, 0.05) is 37.2 Å². The van der Waals surface area contributed by atoms with Crippen molar-refractivity contribution in [2.75, 3.05) is 0 Å².